The van der Waals surface area contributed by atoms with E-state index in [2.05, 4.69) is 15.0 Å². The van der Waals surface area contributed by atoms with Crippen molar-refractivity contribution in [3.05, 3.63) is 29.6 Å². The SMILES string of the molecule is CC1(c2cc(NC(=O)C3CC3(F)F)ccc2F)N=C(N)OCC1(F)F. The van der Waals surface area contributed by atoms with Gasteiger partial charge in [0.2, 0.25) is 5.91 Å². The topological polar surface area (TPSA) is 76.7 Å². The van der Waals surface area contributed by atoms with Crippen molar-refractivity contribution < 1.29 is 31.5 Å². The largest absolute Gasteiger partial charge is 0.459 e. The van der Waals surface area contributed by atoms with Crippen molar-refractivity contribution in [3.8, 4) is 0 Å². The summed E-state index contributed by atoms with van der Waals surface area (Å²) in [6.45, 7) is -0.120. The van der Waals surface area contributed by atoms with Crippen LogP contribution in [0.3, 0.4) is 0 Å². The summed E-state index contributed by atoms with van der Waals surface area (Å²) in [6.07, 6.45) is -0.583. The van der Waals surface area contributed by atoms with Gasteiger partial charge in [0.05, 0.1) is 0 Å². The molecule has 2 atom stereocenters. The number of amides is 1. The van der Waals surface area contributed by atoms with Crippen molar-refractivity contribution >= 4 is 17.6 Å². The zero-order valence-corrected chi connectivity index (χ0v) is 13.0. The molecule has 0 spiro atoms. The van der Waals surface area contributed by atoms with Gasteiger partial charge in [0.25, 0.3) is 11.9 Å². The number of nitrogens with two attached hydrogens (primary N) is 1. The molecule has 1 aliphatic carbocycles. The Bertz CT molecular complexity index is 768. The third-order valence-electron chi connectivity index (χ3n) is 4.35. The molecule has 1 aromatic carbocycles. The number of rotatable bonds is 3. The van der Waals surface area contributed by atoms with E-state index in [1.54, 1.807) is 0 Å². The zero-order chi connectivity index (χ0) is 18.6. The maximum atomic E-state index is 14.3. The van der Waals surface area contributed by atoms with E-state index in [0.717, 1.165) is 25.1 Å². The first-order valence-electron chi connectivity index (χ1n) is 7.31. The summed E-state index contributed by atoms with van der Waals surface area (Å²) in [5.41, 5.74) is 2.33. The quantitative estimate of drug-likeness (QED) is 0.811. The molecule has 0 aromatic heterocycles. The Hall–Kier alpha value is -2.39. The lowest BCUT2D eigenvalue weighted by molar-refractivity contribution is -0.119. The Morgan fingerprint density at radius 1 is 1.36 bits per heavy atom. The highest BCUT2D eigenvalue weighted by Crippen LogP contribution is 2.49. The average Bonchev–Trinajstić information content (AvgIpc) is 3.14. The van der Waals surface area contributed by atoms with Gasteiger partial charge in [-0.1, -0.05) is 0 Å². The molecular formula is C15H14F5N3O2. The van der Waals surface area contributed by atoms with Crippen molar-refractivity contribution in [2.45, 2.75) is 30.7 Å². The van der Waals surface area contributed by atoms with E-state index in [1.807, 2.05) is 0 Å². The lowest BCUT2D eigenvalue weighted by Crippen LogP contribution is -2.51. The van der Waals surface area contributed by atoms with Crippen molar-refractivity contribution in [2.24, 2.45) is 16.6 Å². The normalized spacial score (nSPS) is 29.4. The van der Waals surface area contributed by atoms with E-state index < -0.39 is 59.6 Å². The van der Waals surface area contributed by atoms with Gasteiger partial charge in [-0.25, -0.2) is 18.2 Å². The van der Waals surface area contributed by atoms with Gasteiger partial charge in [-0.05, 0) is 25.1 Å². The second kappa shape index (κ2) is 5.30. The summed E-state index contributed by atoms with van der Waals surface area (Å²) in [5.74, 6) is -10.1. The van der Waals surface area contributed by atoms with Crippen molar-refractivity contribution in [1.29, 1.82) is 0 Å². The van der Waals surface area contributed by atoms with Gasteiger partial charge in [-0.3, -0.25) is 4.79 Å². The number of nitrogens with zero attached hydrogens (tertiary/aromatic N) is 1. The van der Waals surface area contributed by atoms with Crippen molar-refractivity contribution in [1.82, 2.24) is 0 Å². The predicted octanol–water partition coefficient (Wildman–Crippen LogP) is 2.61. The first-order chi connectivity index (χ1) is 11.5. The third-order valence-corrected chi connectivity index (χ3v) is 4.35. The van der Waals surface area contributed by atoms with Crippen LogP contribution in [0.5, 0.6) is 0 Å². The number of benzene rings is 1. The smallest absolute Gasteiger partial charge is 0.310 e. The summed E-state index contributed by atoms with van der Waals surface area (Å²) in [6, 6.07) is 2.34. The van der Waals surface area contributed by atoms with Gasteiger partial charge >= 0.3 is 5.92 Å². The van der Waals surface area contributed by atoms with E-state index in [9.17, 15) is 26.7 Å². The van der Waals surface area contributed by atoms with E-state index in [-0.39, 0.29) is 5.69 Å². The monoisotopic (exact) mass is 363 g/mol. The Labute approximate surface area is 139 Å². The molecule has 1 saturated carbocycles. The molecule has 1 aliphatic heterocycles. The standard InChI is InChI=1S/C15H14F5N3O2/c1-13(15(19,20)6-25-12(21)23-13)8-4-7(2-3-10(8)16)22-11(24)9-5-14(9,17)18/h2-4,9H,5-6H2,1H3,(H2,21,23)(H,22,24). The van der Waals surface area contributed by atoms with Crippen LogP contribution in [0, 0.1) is 11.7 Å². The number of carbonyl (C=O) groups excluding carboxylic acids is 1. The first-order valence-corrected chi connectivity index (χ1v) is 7.31. The second-order valence-electron chi connectivity index (χ2n) is 6.22. The lowest BCUT2D eigenvalue weighted by atomic mass is 9.85. The Morgan fingerprint density at radius 3 is 2.60 bits per heavy atom. The molecule has 2 aliphatic rings. The van der Waals surface area contributed by atoms with Crippen LogP contribution in [0.1, 0.15) is 18.9 Å². The number of aliphatic imine (C=N–C) groups is 1. The van der Waals surface area contributed by atoms with Gasteiger partial charge in [0, 0.05) is 17.7 Å². The maximum absolute atomic E-state index is 14.3. The number of carbonyl (C=O) groups is 1. The molecule has 3 rings (SSSR count). The van der Waals surface area contributed by atoms with Crippen LogP contribution >= 0.6 is 0 Å². The number of ether oxygens (including phenoxy) is 1. The molecular weight excluding hydrogens is 349 g/mol. The molecule has 0 saturated heterocycles. The number of hydrogen-bond donors (Lipinski definition) is 2. The summed E-state index contributed by atoms with van der Waals surface area (Å²) >= 11 is 0. The Balaban J connectivity index is 1.94. The van der Waals surface area contributed by atoms with E-state index in [4.69, 9.17) is 5.73 Å². The van der Waals surface area contributed by atoms with Crippen LogP contribution in [0.25, 0.3) is 0 Å². The fourth-order valence-corrected chi connectivity index (χ4v) is 2.60. The molecule has 136 valence electrons. The Kier molecular flexibility index (Phi) is 3.70. The molecule has 25 heavy (non-hydrogen) atoms. The predicted molar refractivity (Wildman–Crippen MR) is 78.0 cm³/mol. The minimum Gasteiger partial charge on any atom is -0.459 e. The molecule has 3 N–H and O–H groups in total. The number of halogens is 5. The molecule has 2 unspecified atom stereocenters. The highest BCUT2D eigenvalue weighted by atomic mass is 19.3. The van der Waals surface area contributed by atoms with Crippen LogP contribution in [-0.4, -0.2) is 30.4 Å². The van der Waals surface area contributed by atoms with E-state index in [1.165, 1.54) is 0 Å². The summed E-state index contributed by atoms with van der Waals surface area (Å²) in [5, 5.41) is 2.18. The molecule has 1 aromatic rings. The summed E-state index contributed by atoms with van der Waals surface area (Å²) in [4.78, 5) is 15.3. The maximum Gasteiger partial charge on any atom is 0.310 e. The molecule has 10 heteroatoms. The van der Waals surface area contributed by atoms with Crippen LogP contribution < -0.4 is 11.1 Å². The second-order valence-corrected chi connectivity index (χ2v) is 6.22. The summed E-state index contributed by atoms with van der Waals surface area (Å²) < 4.78 is 73.1. The van der Waals surface area contributed by atoms with Gasteiger partial charge in [0.15, 0.2) is 12.1 Å². The van der Waals surface area contributed by atoms with Crippen LogP contribution in [0.15, 0.2) is 23.2 Å². The molecule has 0 radical (unpaired) electrons. The van der Waals surface area contributed by atoms with Crippen molar-refractivity contribution in [3.63, 3.8) is 0 Å². The van der Waals surface area contributed by atoms with Gasteiger partial charge in [-0.2, -0.15) is 8.78 Å². The van der Waals surface area contributed by atoms with Crippen molar-refractivity contribution in [2.75, 3.05) is 11.9 Å². The highest BCUT2D eigenvalue weighted by Gasteiger charge is 2.61. The first kappa shape index (κ1) is 17.4. The molecule has 0 bridgehead atoms. The number of alkyl halides is 4. The number of nitrogens with one attached hydrogen (secondary N) is 1. The third kappa shape index (κ3) is 2.89. The molecule has 1 amide bonds. The van der Waals surface area contributed by atoms with Gasteiger partial charge in [0.1, 0.15) is 11.7 Å². The van der Waals surface area contributed by atoms with Crippen LogP contribution in [0.4, 0.5) is 27.6 Å². The average molecular weight is 363 g/mol. The minimum absolute atomic E-state index is 0.0959. The van der Waals surface area contributed by atoms with E-state index in [0.29, 0.717) is 0 Å². The molecule has 1 heterocycles. The lowest BCUT2D eigenvalue weighted by Gasteiger charge is -2.37. The van der Waals surface area contributed by atoms with Crippen LogP contribution in [0.2, 0.25) is 0 Å². The highest BCUT2D eigenvalue weighted by molar-refractivity contribution is 5.95. The fraction of sp³-hybridized carbons (Fsp3) is 0.467. The van der Waals surface area contributed by atoms with Crippen LogP contribution in [-0.2, 0) is 15.1 Å². The number of anilines is 1. The zero-order valence-electron chi connectivity index (χ0n) is 13.0. The Morgan fingerprint density at radius 2 is 2.00 bits per heavy atom. The molecule has 5 nitrogen and oxygen atoms in total. The number of amidine groups is 1. The minimum atomic E-state index is -3.58. The van der Waals surface area contributed by atoms with Gasteiger partial charge < -0.3 is 15.8 Å². The van der Waals surface area contributed by atoms with E-state index >= 15 is 0 Å². The fourth-order valence-electron chi connectivity index (χ4n) is 2.60. The summed E-state index contributed by atoms with van der Waals surface area (Å²) in [7, 11) is 0. The van der Waals surface area contributed by atoms with Gasteiger partial charge in [-0.15, -0.1) is 0 Å². The number of hydrogen-bond acceptors (Lipinski definition) is 4. The molecule has 1 fully saturated rings.